The summed E-state index contributed by atoms with van der Waals surface area (Å²) >= 11 is 17.8. The molecular formula is C13H12Cl3N3O. The first-order valence-electron chi connectivity index (χ1n) is 5.87. The number of anilines is 1. The van der Waals surface area contributed by atoms with E-state index in [9.17, 15) is 5.11 Å². The minimum atomic E-state index is -0.0977. The topological polar surface area (TPSA) is 58.0 Å². The summed E-state index contributed by atoms with van der Waals surface area (Å²) in [4.78, 5) is 8.07. The summed E-state index contributed by atoms with van der Waals surface area (Å²) in [5.41, 5.74) is 1.63. The van der Waals surface area contributed by atoms with Crippen LogP contribution < -0.4 is 5.32 Å². The summed E-state index contributed by atoms with van der Waals surface area (Å²) in [5.74, 6) is 0.495. The van der Waals surface area contributed by atoms with Crippen LogP contribution in [0, 0.1) is 6.92 Å². The summed E-state index contributed by atoms with van der Waals surface area (Å²) in [5, 5.41) is 13.6. The quantitative estimate of drug-likeness (QED) is 0.885. The van der Waals surface area contributed by atoms with Crippen molar-refractivity contribution >= 4 is 40.6 Å². The molecule has 0 unspecified atom stereocenters. The van der Waals surface area contributed by atoms with E-state index in [4.69, 9.17) is 34.8 Å². The maximum atomic E-state index is 9.49. The van der Waals surface area contributed by atoms with Crippen LogP contribution in [-0.4, -0.2) is 21.6 Å². The molecule has 0 aliphatic rings. The first-order chi connectivity index (χ1) is 9.49. The van der Waals surface area contributed by atoms with Gasteiger partial charge in [0.2, 0.25) is 0 Å². The molecule has 0 fully saturated rings. The van der Waals surface area contributed by atoms with E-state index in [1.54, 1.807) is 12.1 Å². The lowest BCUT2D eigenvalue weighted by Crippen LogP contribution is -2.07. The van der Waals surface area contributed by atoms with Crippen LogP contribution in [0.25, 0.3) is 0 Å². The molecule has 0 saturated carbocycles. The summed E-state index contributed by atoms with van der Waals surface area (Å²) in [7, 11) is 0. The lowest BCUT2D eigenvalue weighted by atomic mass is 10.1. The van der Waals surface area contributed by atoms with Crippen molar-refractivity contribution in [3.05, 3.63) is 44.8 Å². The van der Waals surface area contributed by atoms with E-state index >= 15 is 0 Å². The lowest BCUT2D eigenvalue weighted by molar-refractivity contribution is 0.475. The molecule has 1 heterocycles. The number of phenolic OH excluding ortho intramolecular Hbond substituents is 1. The van der Waals surface area contributed by atoms with Crippen molar-refractivity contribution in [2.75, 3.05) is 11.9 Å². The Labute approximate surface area is 131 Å². The van der Waals surface area contributed by atoms with Crippen LogP contribution in [0.3, 0.4) is 0 Å². The predicted molar refractivity (Wildman–Crippen MR) is 82.1 cm³/mol. The molecule has 0 amide bonds. The van der Waals surface area contributed by atoms with Crippen molar-refractivity contribution in [3.8, 4) is 5.75 Å². The summed E-state index contributed by atoms with van der Waals surface area (Å²) in [6, 6.07) is 3.36. The molecule has 2 aromatic rings. The average molecular weight is 333 g/mol. The maximum Gasteiger partial charge on any atom is 0.152 e. The number of hydrogen-bond donors (Lipinski definition) is 2. The highest BCUT2D eigenvalue weighted by Gasteiger charge is 2.08. The Kier molecular flexibility index (Phi) is 4.91. The predicted octanol–water partition coefficient (Wildman–Crippen LogP) is 4.11. The van der Waals surface area contributed by atoms with Gasteiger partial charge in [0.15, 0.2) is 5.75 Å². The van der Waals surface area contributed by atoms with Gasteiger partial charge in [0.1, 0.15) is 17.2 Å². The molecule has 0 aliphatic carbocycles. The number of rotatable bonds is 4. The number of nitrogens with zero attached hydrogens (tertiary/aromatic N) is 2. The van der Waals surface area contributed by atoms with Gasteiger partial charge in [-0.15, -0.1) is 0 Å². The molecular weight excluding hydrogens is 321 g/mol. The fourth-order valence-corrected chi connectivity index (χ4v) is 2.37. The smallest absolute Gasteiger partial charge is 0.152 e. The first kappa shape index (κ1) is 15.2. The SMILES string of the molecule is Cc1ncnc(NCCc2cc(Cl)c(O)c(Cl)c2)c1Cl. The normalized spacial score (nSPS) is 10.6. The van der Waals surface area contributed by atoms with Gasteiger partial charge in [-0.1, -0.05) is 34.8 Å². The van der Waals surface area contributed by atoms with E-state index in [1.165, 1.54) is 6.33 Å². The van der Waals surface area contributed by atoms with Crippen LogP contribution in [0.2, 0.25) is 15.1 Å². The van der Waals surface area contributed by atoms with Crippen LogP contribution in [-0.2, 0) is 6.42 Å². The molecule has 0 spiro atoms. The number of hydrogen-bond acceptors (Lipinski definition) is 4. The molecule has 20 heavy (non-hydrogen) atoms. The molecule has 7 heteroatoms. The molecule has 0 saturated heterocycles. The molecule has 0 radical (unpaired) electrons. The molecule has 0 bridgehead atoms. The highest BCUT2D eigenvalue weighted by Crippen LogP contribution is 2.32. The number of aryl methyl sites for hydroxylation is 1. The molecule has 1 aromatic carbocycles. The lowest BCUT2D eigenvalue weighted by Gasteiger charge is -2.09. The van der Waals surface area contributed by atoms with Gasteiger partial charge >= 0.3 is 0 Å². The second-order valence-electron chi connectivity index (χ2n) is 4.21. The van der Waals surface area contributed by atoms with Gasteiger partial charge in [0.05, 0.1) is 15.7 Å². The van der Waals surface area contributed by atoms with Crippen molar-refractivity contribution in [1.29, 1.82) is 0 Å². The highest BCUT2D eigenvalue weighted by atomic mass is 35.5. The summed E-state index contributed by atoms with van der Waals surface area (Å²) in [6.45, 7) is 2.42. The monoisotopic (exact) mass is 331 g/mol. The number of aromatic hydroxyl groups is 1. The molecule has 2 N–H and O–H groups in total. The van der Waals surface area contributed by atoms with Crippen LogP contribution in [0.4, 0.5) is 5.82 Å². The fraction of sp³-hybridized carbons (Fsp3) is 0.231. The maximum absolute atomic E-state index is 9.49. The third kappa shape index (κ3) is 3.45. The zero-order chi connectivity index (χ0) is 14.7. The average Bonchev–Trinajstić information content (AvgIpc) is 2.41. The van der Waals surface area contributed by atoms with E-state index in [-0.39, 0.29) is 15.8 Å². The van der Waals surface area contributed by atoms with E-state index in [0.717, 1.165) is 11.3 Å². The highest BCUT2D eigenvalue weighted by molar-refractivity contribution is 6.37. The van der Waals surface area contributed by atoms with Gasteiger partial charge < -0.3 is 10.4 Å². The number of aromatic nitrogens is 2. The second kappa shape index (κ2) is 6.48. The van der Waals surface area contributed by atoms with E-state index < -0.39 is 0 Å². The van der Waals surface area contributed by atoms with Crippen molar-refractivity contribution in [2.24, 2.45) is 0 Å². The van der Waals surface area contributed by atoms with E-state index in [2.05, 4.69) is 15.3 Å². The summed E-state index contributed by atoms with van der Waals surface area (Å²) in [6.07, 6.45) is 2.12. The van der Waals surface area contributed by atoms with Gasteiger partial charge in [0, 0.05) is 6.54 Å². The van der Waals surface area contributed by atoms with Crippen LogP contribution in [0.1, 0.15) is 11.3 Å². The molecule has 2 rings (SSSR count). The van der Waals surface area contributed by atoms with Gasteiger partial charge in [-0.3, -0.25) is 0 Å². The Morgan fingerprint density at radius 3 is 2.45 bits per heavy atom. The van der Waals surface area contributed by atoms with Crippen molar-refractivity contribution < 1.29 is 5.11 Å². The Balaban J connectivity index is 2.01. The Morgan fingerprint density at radius 1 is 1.15 bits per heavy atom. The van der Waals surface area contributed by atoms with Crippen molar-refractivity contribution in [3.63, 3.8) is 0 Å². The van der Waals surface area contributed by atoms with E-state index in [0.29, 0.717) is 23.8 Å². The Bertz CT molecular complexity index is 611. The Hall–Kier alpha value is -1.23. The molecule has 106 valence electrons. The fourth-order valence-electron chi connectivity index (χ4n) is 1.67. The number of phenols is 1. The zero-order valence-corrected chi connectivity index (χ0v) is 12.9. The third-order valence-electron chi connectivity index (χ3n) is 2.75. The number of nitrogens with one attached hydrogen (secondary N) is 1. The van der Waals surface area contributed by atoms with Crippen molar-refractivity contribution in [1.82, 2.24) is 9.97 Å². The number of halogens is 3. The first-order valence-corrected chi connectivity index (χ1v) is 7.00. The van der Waals surface area contributed by atoms with Gasteiger partial charge in [0.25, 0.3) is 0 Å². The van der Waals surface area contributed by atoms with Gasteiger partial charge in [-0.05, 0) is 31.0 Å². The van der Waals surface area contributed by atoms with E-state index in [1.807, 2.05) is 6.92 Å². The minimum absolute atomic E-state index is 0.0977. The molecule has 0 atom stereocenters. The van der Waals surface area contributed by atoms with Gasteiger partial charge in [-0.25, -0.2) is 9.97 Å². The third-order valence-corrected chi connectivity index (χ3v) is 3.78. The Morgan fingerprint density at radius 2 is 1.80 bits per heavy atom. The standard InChI is InChI=1S/C13H12Cl3N3O/c1-7-11(16)13(19-6-18-7)17-3-2-8-4-9(14)12(20)10(15)5-8/h4-6,20H,2-3H2,1H3,(H,17,18,19). The van der Waals surface area contributed by atoms with Crippen LogP contribution >= 0.6 is 34.8 Å². The van der Waals surface area contributed by atoms with Gasteiger partial charge in [-0.2, -0.15) is 0 Å². The number of benzene rings is 1. The zero-order valence-electron chi connectivity index (χ0n) is 10.6. The summed E-state index contributed by atoms with van der Waals surface area (Å²) < 4.78 is 0. The molecule has 0 aliphatic heterocycles. The molecule has 4 nitrogen and oxygen atoms in total. The van der Waals surface area contributed by atoms with Crippen molar-refractivity contribution in [2.45, 2.75) is 13.3 Å². The second-order valence-corrected chi connectivity index (χ2v) is 5.40. The minimum Gasteiger partial charge on any atom is -0.505 e. The van der Waals surface area contributed by atoms with Crippen LogP contribution in [0.15, 0.2) is 18.5 Å². The van der Waals surface area contributed by atoms with Crippen LogP contribution in [0.5, 0.6) is 5.75 Å². The molecule has 1 aromatic heterocycles. The largest absolute Gasteiger partial charge is 0.505 e.